The summed E-state index contributed by atoms with van der Waals surface area (Å²) in [5.74, 6) is 0.390. The number of nitro groups is 1. The number of hydrogen-bond donors (Lipinski definition) is 1. The zero-order valence-corrected chi connectivity index (χ0v) is 11.1. The van der Waals surface area contributed by atoms with Crippen LogP contribution in [0.5, 0.6) is 0 Å². The normalized spacial score (nSPS) is 10.1. The van der Waals surface area contributed by atoms with Crippen molar-refractivity contribution in [2.24, 2.45) is 0 Å². The number of hydrogen-bond acceptors (Lipinski definition) is 5. The molecule has 0 aliphatic rings. The fraction of sp³-hybridized carbons (Fsp3) is 0.364. The molecule has 0 atom stereocenters. The summed E-state index contributed by atoms with van der Waals surface area (Å²) in [5.41, 5.74) is 5.72. The van der Waals surface area contributed by atoms with E-state index in [1.165, 1.54) is 23.1 Å². The van der Waals surface area contributed by atoms with Crippen LogP contribution in [0.2, 0.25) is 0 Å². The first kappa shape index (κ1) is 14.3. The molecule has 0 saturated carbocycles. The molecule has 0 spiro atoms. The number of nitrogens with two attached hydrogens (primary N) is 1. The Balaban J connectivity index is 3.03. The van der Waals surface area contributed by atoms with Gasteiger partial charge in [0, 0.05) is 31.1 Å². The molecule has 6 nitrogen and oxygen atoms in total. The van der Waals surface area contributed by atoms with Crippen molar-refractivity contribution in [3.8, 4) is 0 Å². The Labute approximate surface area is 109 Å². The van der Waals surface area contributed by atoms with Gasteiger partial charge in [0.1, 0.15) is 5.56 Å². The van der Waals surface area contributed by atoms with Crippen LogP contribution in [-0.2, 0) is 0 Å². The summed E-state index contributed by atoms with van der Waals surface area (Å²) in [6.07, 6.45) is 1.93. The van der Waals surface area contributed by atoms with E-state index in [9.17, 15) is 14.9 Å². The first-order valence-electron chi connectivity index (χ1n) is 5.25. The maximum absolute atomic E-state index is 12.1. The third kappa shape index (κ3) is 3.36. The number of carbonyl (C=O) groups excluding carboxylic acids is 1. The quantitative estimate of drug-likeness (QED) is 0.498. The second-order valence-corrected chi connectivity index (χ2v) is 4.74. The number of benzene rings is 1. The second-order valence-electron chi connectivity index (χ2n) is 3.75. The topological polar surface area (TPSA) is 89.5 Å². The summed E-state index contributed by atoms with van der Waals surface area (Å²) in [7, 11) is 1.62. The largest absolute Gasteiger partial charge is 0.399 e. The molecule has 0 aliphatic carbocycles. The highest BCUT2D eigenvalue weighted by Crippen LogP contribution is 2.22. The molecule has 1 amide bonds. The third-order valence-corrected chi connectivity index (χ3v) is 3.02. The predicted octanol–water partition coefficient (Wildman–Crippen LogP) is 1.61. The number of rotatable bonds is 5. The van der Waals surface area contributed by atoms with Crippen molar-refractivity contribution in [2.75, 3.05) is 31.3 Å². The molecule has 0 saturated heterocycles. The van der Waals surface area contributed by atoms with Crippen molar-refractivity contribution in [1.82, 2.24) is 4.90 Å². The highest BCUT2D eigenvalue weighted by molar-refractivity contribution is 7.98. The maximum atomic E-state index is 12.1. The van der Waals surface area contributed by atoms with Crippen molar-refractivity contribution in [3.63, 3.8) is 0 Å². The van der Waals surface area contributed by atoms with Crippen LogP contribution >= 0.6 is 11.8 Å². The molecule has 0 bridgehead atoms. The molecule has 1 rings (SSSR count). The van der Waals surface area contributed by atoms with Crippen molar-refractivity contribution in [1.29, 1.82) is 0 Å². The lowest BCUT2D eigenvalue weighted by Crippen LogP contribution is -2.29. The molecule has 18 heavy (non-hydrogen) atoms. The number of thioether (sulfide) groups is 1. The lowest BCUT2D eigenvalue weighted by atomic mass is 10.1. The minimum absolute atomic E-state index is 0.0311. The second kappa shape index (κ2) is 6.25. The minimum atomic E-state index is -0.574. The van der Waals surface area contributed by atoms with Crippen molar-refractivity contribution in [3.05, 3.63) is 33.9 Å². The molecule has 0 heterocycles. The predicted molar refractivity (Wildman–Crippen MR) is 72.9 cm³/mol. The van der Waals surface area contributed by atoms with Gasteiger partial charge in [-0.1, -0.05) is 0 Å². The fourth-order valence-electron chi connectivity index (χ4n) is 1.42. The number of amides is 1. The molecule has 2 N–H and O–H groups in total. The van der Waals surface area contributed by atoms with Gasteiger partial charge in [0.05, 0.1) is 4.92 Å². The highest BCUT2D eigenvalue weighted by Gasteiger charge is 2.22. The van der Waals surface area contributed by atoms with E-state index in [2.05, 4.69) is 0 Å². The molecule has 0 unspecified atom stereocenters. The van der Waals surface area contributed by atoms with Crippen LogP contribution < -0.4 is 5.73 Å². The Bertz CT molecular complexity index is 465. The van der Waals surface area contributed by atoms with Crippen LogP contribution in [0.15, 0.2) is 18.2 Å². The Kier molecular flexibility index (Phi) is 4.96. The van der Waals surface area contributed by atoms with Crippen LogP contribution in [-0.4, -0.2) is 41.3 Å². The van der Waals surface area contributed by atoms with E-state index in [0.29, 0.717) is 12.2 Å². The maximum Gasteiger partial charge on any atom is 0.282 e. The van der Waals surface area contributed by atoms with Crippen LogP contribution in [0, 0.1) is 10.1 Å². The van der Waals surface area contributed by atoms with E-state index in [1.807, 2.05) is 6.26 Å². The van der Waals surface area contributed by atoms with Crippen molar-refractivity contribution < 1.29 is 9.72 Å². The standard InChI is InChI=1S/C11H15N3O3S/c1-13(5-6-18-2)11(15)9-7-8(12)3-4-10(9)14(16)17/h3-4,7H,5-6,12H2,1-2H3. The van der Waals surface area contributed by atoms with E-state index in [1.54, 1.807) is 18.8 Å². The van der Waals surface area contributed by atoms with Gasteiger partial charge >= 0.3 is 0 Å². The molecule has 0 radical (unpaired) electrons. The lowest BCUT2D eigenvalue weighted by Gasteiger charge is -2.16. The number of nitrogen functional groups attached to an aromatic ring is 1. The van der Waals surface area contributed by atoms with Crippen LogP contribution in [0.25, 0.3) is 0 Å². The van der Waals surface area contributed by atoms with Gasteiger partial charge in [0.15, 0.2) is 0 Å². The Morgan fingerprint density at radius 3 is 2.78 bits per heavy atom. The van der Waals surface area contributed by atoms with E-state index >= 15 is 0 Å². The average molecular weight is 269 g/mol. The first-order valence-corrected chi connectivity index (χ1v) is 6.65. The van der Waals surface area contributed by atoms with Crippen LogP contribution in [0.4, 0.5) is 11.4 Å². The SMILES string of the molecule is CSCCN(C)C(=O)c1cc(N)ccc1[N+](=O)[O-]. The van der Waals surface area contributed by atoms with Gasteiger partial charge in [-0.15, -0.1) is 0 Å². The summed E-state index contributed by atoms with van der Waals surface area (Å²) < 4.78 is 0. The number of carbonyl (C=O) groups is 1. The number of nitrogens with zero attached hydrogens (tertiary/aromatic N) is 2. The Hall–Kier alpha value is -1.76. The Morgan fingerprint density at radius 1 is 1.56 bits per heavy atom. The van der Waals surface area contributed by atoms with Crippen LogP contribution in [0.3, 0.4) is 0 Å². The molecule has 98 valence electrons. The summed E-state index contributed by atoms with van der Waals surface area (Å²) in [6, 6.07) is 4.01. The zero-order valence-electron chi connectivity index (χ0n) is 10.3. The fourth-order valence-corrected chi connectivity index (χ4v) is 1.88. The van der Waals surface area contributed by atoms with Crippen molar-refractivity contribution in [2.45, 2.75) is 0 Å². The Morgan fingerprint density at radius 2 is 2.22 bits per heavy atom. The van der Waals surface area contributed by atoms with Gasteiger partial charge in [-0.25, -0.2) is 0 Å². The molecular formula is C11H15N3O3S. The first-order chi connectivity index (χ1) is 8.47. The van der Waals surface area contributed by atoms with E-state index in [-0.39, 0.29) is 17.2 Å². The molecule has 0 fully saturated rings. The highest BCUT2D eigenvalue weighted by atomic mass is 32.2. The summed E-state index contributed by atoms with van der Waals surface area (Å²) in [6.45, 7) is 0.534. The van der Waals surface area contributed by atoms with E-state index in [0.717, 1.165) is 5.75 Å². The molecule has 0 aliphatic heterocycles. The van der Waals surface area contributed by atoms with Gasteiger partial charge in [-0.05, 0) is 18.4 Å². The molecule has 1 aromatic carbocycles. The van der Waals surface area contributed by atoms with Gasteiger partial charge in [0.25, 0.3) is 11.6 Å². The van der Waals surface area contributed by atoms with Gasteiger partial charge < -0.3 is 10.6 Å². The number of anilines is 1. The molecule has 0 aromatic heterocycles. The van der Waals surface area contributed by atoms with Crippen molar-refractivity contribution >= 4 is 29.0 Å². The third-order valence-electron chi connectivity index (χ3n) is 2.43. The average Bonchev–Trinajstić information content (AvgIpc) is 2.34. The monoisotopic (exact) mass is 269 g/mol. The molecule has 1 aromatic rings. The molecule has 7 heteroatoms. The summed E-state index contributed by atoms with van der Waals surface area (Å²) >= 11 is 1.60. The lowest BCUT2D eigenvalue weighted by molar-refractivity contribution is -0.385. The summed E-state index contributed by atoms with van der Waals surface area (Å²) in [4.78, 5) is 23.8. The zero-order chi connectivity index (χ0) is 13.7. The van der Waals surface area contributed by atoms with Gasteiger partial charge in [-0.3, -0.25) is 14.9 Å². The van der Waals surface area contributed by atoms with Crippen LogP contribution in [0.1, 0.15) is 10.4 Å². The minimum Gasteiger partial charge on any atom is -0.399 e. The van der Waals surface area contributed by atoms with E-state index < -0.39 is 4.92 Å². The summed E-state index contributed by atoms with van der Waals surface area (Å²) in [5, 5.41) is 10.9. The van der Waals surface area contributed by atoms with E-state index in [4.69, 9.17) is 5.73 Å². The molecular weight excluding hydrogens is 254 g/mol. The smallest absolute Gasteiger partial charge is 0.282 e. The van der Waals surface area contributed by atoms with Gasteiger partial charge in [-0.2, -0.15) is 11.8 Å². The number of nitro benzene ring substituents is 1. The van der Waals surface area contributed by atoms with Gasteiger partial charge in [0.2, 0.25) is 0 Å².